The van der Waals surface area contributed by atoms with Crippen molar-refractivity contribution < 1.29 is 9.59 Å². The second-order valence-corrected chi connectivity index (χ2v) is 6.02. The highest BCUT2D eigenvalue weighted by molar-refractivity contribution is 9.10. The third-order valence-electron chi connectivity index (χ3n) is 3.09. The normalized spacial score (nSPS) is 10.1. The fraction of sp³-hybridized carbons (Fsp3) is 0.176. The number of aryl methyl sites for hydroxylation is 2. The van der Waals surface area contributed by atoms with Crippen LogP contribution in [-0.2, 0) is 9.59 Å². The largest absolute Gasteiger partial charge is 0.326 e. The molecule has 2 N–H and O–H groups in total. The first kappa shape index (κ1) is 16.2. The summed E-state index contributed by atoms with van der Waals surface area (Å²) in [6.07, 6.45) is -0.219. The van der Waals surface area contributed by atoms with Crippen molar-refractivity contribution >= 4 is 39.1 Å². The summed E-state index contributed by atoms with van der Waals surface area (Å²) < 4.78 is 0.945. The Bertz CT molecular complexity index is 714. The van der Waals surface area contributed by atoms with Gasteiger partial charge in [-0.05, 0) is 55.3 Å². The van der Waals surface area contributed by atoms with Crippen molar-refractivity contribution in [3.63, 3.8) is 0 Å². The maximum Gasteiger partial charge on any atom is 0.233 e. The van der Waals surface area contributed by atoms with Gasteiger partial charge in [0.2, 0.25) is 11.8 Å². The Kier molecular flexibility index (Phi) is 5.33. The van der Waals surface area contributed by atoms with E-state index in [1.807, 2.05) is 44.2 Å². The smallest absolute Gasteiger partial charge is 0.233 e. The molecule has 0 aliphatic heterocycles. The maximum absolute atomic E-state index is 11.9. The number of hydrogen-bond donors (Lipinski definition) is 2. The summed E-state index contributed by atoms with van der Waals surface area (Å²) in [6.45, 7) is 3.84. The van der Waals surface area contributed by atoms with Crippen molar-refractivity contribution in [2.24, 2.45) is 0 Å². The molecule has 2 aromatic carbocycles. The summed E-state index contributed by atoms with van der Waals surface area (Å²) in [6, 6.07) is 13.0. The average Bonchev–Trinajstić information content (AvgIpc) is 2.41. The third-order valence-corrected chi connectivity index (χ3v) is 3.58. The highest BCUT2D eigenvalue weighted by Crippen LogP contribution is 2.20. The Balaban J connectivity index is 1.92. The SMILES string of the molecule is Cc1cccc(NC(=O)CC(=O)Nc2ccc(Br)cc2C)c1. The molecule has 2 rings (SSSR count). The number of amides is 2. The van der Waals surface area contributed by atoms with Crippen LogP contribution >= 0.6 is 15.9 Å². The number of halogens is 1. The van der Waals surface area contributed by atoms with Crippen LogP contribution in [0.15, 0.2) is 46.9 Å². The van der Waals surface area contributed by atoms with Crippen LogP contribution in [0, 0.1) is 13.8 Å². The third kappa shape index (κ3) is 4.70. The molecule has 0 saturated carbocycles. The minimum Gasteiger partial charge on any atom is -0.326 e. The van der Waals surface area contributed by atoms with E-state index in [1.165, 1.54) is 0 Å². The quantitative estimate of drug-likeness (QED) is 0.808. The molecule has 0 bridgehead atoms. The van der Waals surface area contributed by atoms with E-state index in [-0.39, 0.29) is 18.2 Å². The van der Waals surface area contributed by atoms with Crippen molar-refractivity contribution in [3.05, 3.63) is 58.1 Å². The molecule has 0 atom stereocenters. The number of carbonyl (C=O) groups is 2. The van der Waals surface area contributed by atoms with Gasteiger partial charge < -0.3 is 10.6 Å². The number of benzene rings is 2. The van der Waals surface area contributed by atoms with Gasteiger partial charge in [0.25, 0.3) is 0 Å². The van der Waals surface area contributed by atoms with Gasteiger partial charge in [-0.1, -0.05) is 28.1 Å². The van der Waals surface area contributed by atoms with E-state index in [2.05, 4.69) is 26.6 Å². The lowest BCUT2D eigenvalue weighted by Gasteiger charge is -2.09. The van der Waals surface area contributed by atoms with Crippen molar-refractivity contribution in [1.29, 1.82) is 0 Å². The van der Waals surface area contributed by atoms with E-state index in [0.717, 1.165) is 15.6 Å². The summed E-state index contributed by atoms with van der Waals surface area (Å²) in [5.74, 6) is -0.673. The van der Waals surface area contributed by atoms with Gasteiger partial charge in [-0.25, -0.2) is 0 Å². The molecule has 0 aliphatic rings. The summed E-state index contributed by atoms with van der Waals surface area (Å²) >= 11 is 3.37. The first-order chi connectivity index (χ1) is 10.4. The minimum absolute atomic E-state index is 0.219. The van der Waals surface area contributed by atoms with Crippen LogP contribution in [0.5, 0.6) is 0 Å². The second-order valence-electron chi connectivity index (χ2n) is 5.10. The zero-order chi connectivity index (χ0) is 16.1. The molecule has 4 nitrogen and oxygen atoms in total. The van der Waals surface area contributed by atoms with Gasteiger partial charge in [-0.3, -0.25) is 9.59 Å². The summed E-state index contributed by atoms with van der Waals surface area (Å²) in [7, 11) is 0. The van der Waals surface area contributed by atoms with Gasteiger partial charge in [0.05, 0.1) is 0 Å². The predicted octanol–water partition coefficient (Wildman–Crippen LogP) is 4.03. The number of carbonyl (C=O) groups excluding carboxylic acids is 2. The summed E-state index contributed by atoms with van der Waals surface area (Å²) in [5.41, 5.74) is 3.38. The molecule has 0 aromatic heterocycles. The first-order valence-electron chi connectivity index (χ1n) is 6.86. The predicted molar refractivity (Wildman–Crippen MR) is 91.9 cm³/mol. The lowest BCUT2D eigenvalue weighted by Crippen LogP contribution is -2.21. The van der Waals surface area contributed by atoms with E-state index in [9.17, 15) is 9.59 Å². The van der Waals surface area contributed by atoms with Crippen LogP contribution in [0.2, 0.25) is 0 Å². The van der Waals surface area contributed by atoms with Crippen molar-refractivity contribution in [2.75, 3.05) is 10.6 Å². The van der Waals surface area contributed by atoms with Crippen LogP contribution in [0.1, 0.15) is 17.5 Å². The molecule has 0 saturated heterocycles. The standard InChI is InChI=1S/C17H17BrN2O2/c1-11-4-3-5-14(8-11)19-16(21)10-17(22)20-15-7-6-13(18)9-12(15)2/h3-9H,10H2,1-2H3,(H,19,21)(H,20,22). The molecule has 0 fully saturated rings. The molecule has 0 aliphatic carbocycles. The van der Waals surface area contributed by atoms with Crippen LogP contribution in [0.4, 0.5) is 11.4 Å². The Hall–Kier alpha value is -2.14. The lowest BCUT2D eigenvalue weighted by molar-refractivity contribution is -0.123. The highest BCUT2D eigenvalue weighted by atomic mass is 79.9. The molecule has 0 unspecified atom stereocenters. The monoisotopic (exact) mass is 360 g/mol. The Morgan fingerprint density at radius 3 is 2.41 bits per heavy atom. The Morgan fingerprint density at radius 1 is 1.00 bits per heavy atom. The van der Waals surface area contributed by atoms with Crippen LogP contribution in [-0.4, -0.2) is 11.8 Å². The van der Waals surface area contributed by atoms with Crippen molar-refractivity contribution in [1.82, 2.24) is 0 Å². The summed E-state index contributed by atoms with van der Waals surface area (Å²) in [4.78, 5) is 23.8. The average molecular weight is 361 g/mol. The van der Waals surface area contributed by atoms with Gasteiger partial charge in [0.1, 0.15) is 6.42 Å². The number of nitrogens with one attached hydrogen (secondary N) is 2. The van der Waals surface area contributed by atoms with Gasteiger partial charge in [-0.15, -0.1) is 0 Å². The van der Waals surface area contributed by atoms with Crippen LogP contribution in [0.25, 0.3) is 0 Å². The van der Waals surface area contributed by atoms with E-state index in [4.69, 9.17) is 0 Å². The molecule has 114 valence electrons. The summed E-state index contributed by atoms with van der Waals surface area (Å²) in [5, 5.41) is 5.46. The first-order valence-corrected chi connectivity index (χ1v) is 7.66. The number of hydrogen-bond acceptors (Lipinski definition) is 2. The molecular formula is C17H17BrN2O2. The van der Waals surface area contributed by atoms with Gasteiger partial charge >= 0.3 is 0 Å². The lowest BCUT2D eigenvalue weighted by atomic mass is 10.2. The topological polar surface area (TPSA) is 58.2 Å². The van der Waals surface area contributed by atoms with Gasteiger partial charge in [-0.2, -0.15) is 0 Å². The van der Waals surface area contributed by atoms with E-state index < -0.39 is 0 Å². The Morgan fingerprint density at radius 2 is 1.73 bits per heavy atom. The molecule has 2 amide bonds. The zero-order valence-electron chi connectivity index (χ0n) is 12.4. The minimum atomic E-state index is -0.337. The van der Waals surface area contributed by atoms with Crippen molar-refractivity contribution in [3.8, 4) is 0 Å². The highest BCUT2D eigenvalue weighted by Gasteiger charge is 2.11. The van der Waals surface area contributed by atoms with E-state index in [0.29, 0.717) is 11.4 Å². The molecule has 22 heavy (non-hydrogen) atoms. The number of rotatable bonds is 4. The molecular weight excluding hydrogens is 344 g/mol. The molecule has 0 spiro atoms. The van der Waals surface area contributed by atoms with Crippen LogP contribution < -0.4 is 10.6 Å². The van der Waals surface area contributed by atoms with Gasteiger partial charge in [0, 0.05) is 15.8 Å². The van der Waals surface area contributed by atoms with Crippen LogP contribution in [0.3, 0.4) is 0 Å². The number of anilines is 2. The molecule has 0 heterocycles. The molecule has 0 radical (unpaired) electrons. The van der Waals surface area contributed by atoms with Crippen molar-refractivity contribution in [2.45, 2.75) is 20.3 Å². The molecule has 5 heteroatoms. The van der Waals surface area contributed by atoms with E-state index in [1.54, 1.807) is 12.1 Å². The second kappa shape index (κ2) is 7.22. The zero-order valence-corrected chi connectivity index (χ0v) is 14.0. The Labute approximate surface area is 138 Å². The van der Waals surface area contributed by atoms with E-state index >= 15 is 0 Å². The fourth-order valence-corrected chi connectivity index (χ4v) is 2.51. The fourth-order valence-electron chi connectivity index (χ4n) is 2.04. The van der Waals surface area contributed by atoms with Gasteiger partial charge in [0.15, 0.2) is 0 Å². The maximum atomic E-state index is 11.9. The molecule has 2 aromatic rings.